The second-order valence-corrected chi connectivity index (χ2v) is 2.07. The fourth-order valence-corrected chi connectivity index (χ4v) is 0.511. The number of hydrogen-bond donors (Lipinski definition) is 0. The summed E-state index contributed by atoms with van der Waals surface area (Å²) in [7, 11) is 1.21. The number of hydrogen-bond acceptors (Lipinski definition) is 5. The minimum absolute atomic E-state index is 0.0975. The Morgan fingerprint density at radius 2 is 1.77 bits per heavy atom. The molecule has 0 bridgehead atoms. The molecule has 0 aliphatic carbocycles. The van der Waals surface area contributed by atoms with Crippen LogP contribution in [0.15, 0.2) is 12.7 Å². The topological polar surface area (TPSA) is 69.7 Å². The lowest BCUT2D eigenvalue weighted by molar-refractivity contribution is -0.158. The van der Waals surface area contributed by atoms with Crippen molar-refractivity contribution in [2.45, 2.75) is 12.8 Å². The predicted octanol–water partition coefficient (Wildman–Crippen LogP) is 0.195. The summed E-state index contributed by atoms with van der Waals surface area (Å²) in [6.07, 6.45) is 0.599. The van der Waals surface area contributed by atoms with E-state index in [1.165, 1.54) is 7.11 Å². The molecule has 0 rings (SSSR count). The average Bonchev–Trinajstić information content (AvgIpc) is 2.13. The third-order valence-electron chi connectivity index (χ3n) is 1.14. The van der Waals surface area contributed by atoms with Gasteiger partial charge in [-0.3, -0.25) is 9.59 Å². The van der Waals surface area contributed by atoms with Crippen LogP contribution in [0.4, 0.5) is 0 Å². The van der Waals surface area contributed by atoms with Crippen LogP contribution in [0, 0.1) is 0 Å². The summed E-state index contributed by atoms with van der Waals surface area (Å²) in [6, 6.07) is 0. The van der Waals surface area contributed by atoms with Crippen LogP contribution in [0.25, 0.3) is 0 Å². The number of methoxy groups -OCH3 is 1. The van der Waals surface area contributed by atoms with Crippen molar-refractivity contribution in [3.8, 4) is 0 Å². The quantitative estimate of drug-likeness (QED) is 0.356. The van der Waals surface area contributed by atoms with E-state index >= 15 is 0 Å². The molecule has 0 saturated carbocycles. The smallest absolute Gasteiger partial charge is 0.337 e. The van der Waals surface area contributed by atoms with Gasteiger partial charge in [-0.25, -0.2) is 4.79 Å². The largest absolute Gasteiger partial charge is 0.469 e. The first-order valence-corrected chi connectivity index (χ1v) is 3.54. The van der Waals surface area contributed by atoms with Crippen molar-refractivity contribution in [3.63, 3.8) is 0 Å². The lowest BCUT2D eigenvalue weighted by Gasteiger charge is -1.98. The first-order valence-electron chi connectivity index (χ1n) is 3.54. The first-order chi connectivity index (χ1) is 6.10. The van der Waals surface area contributed by atoms with Gasteiger partial charge in [-0.15, -0.1) is 0 Å². The highest BCUT2D eigenvalue weighted by Gasteiger charge is 2.10. The summed E-state index contributed by atoms with van der Waals surface area (Å²) in [6.45, 7) is 3.11. The Kier molecular flexibility index (Phi) is 5.18. The Bertz CT molecular complexity index is 231. The van der Waals surface area contributed by atoms with E-state index < -0.39 is 17.9 Å². The second-order valence-electron chi connectivity index (χ2n) is 2.07. The van der Waals surface area contributed by atoms with E-state index in [1.807, 2.05) is 0 Å². The van der Waals surface area contributed by atoms with Gasteiger partial charge in [0.2, 0.25) is 0 Å². The van der Waals surface area contributed by atoms with Crippen molar-refractivity contribution in [1.29, 1.82) is 0 Å². The Morgan fingerprint density at radius 1 is 1.23 bits per heavy atom. The molecule has 0 aromatic carbocycles. The Balaban J connectivity index is 3.69. The summed E-state index contributed by atoms with van der Waals surface area (Å²) >= 11 is 0. The molecule has 5 nitrogen and oxygen atoms in total. The highest BCUT2D eigenvalue weighted by atomic mass is 16.6. The number of esters is 3. The van der Waals surface area contributed by atoms with Crippen LogP contribution in [0.1, 0.15) is 12.8 Å². The SMILES string of the molecule is C=CC(=O)OC(=O)CCC(=O)OC. The molecule has 0 unspecified atom stereocenters. The molecule has 0 aliphatic heterocycles. The standard InChI is InChI=1S/C8H10O5/c1-3-6(9)13-8(11)5-4-7(10)12-2/h3H,1,4-5H2,2H3. The van der Waals surface area contributed by atoms with E-state index in [9.17, 15) is 14.4 Å². The lowest BCUT2D eigenvalue weighted by Crippen LogP contribution is -2.12. The van der Waals surface area contributed by atoms with E-state index in [-0.39, 0.29) is 12.8 Å². The molecule has 0 spiro atoms. The summed E-state index contributed by atoms with van der Waals surface area (Å²) in [5, 5.41) is 0. The molecule has 0 aliphatic rings. The molecule has 5 heteroatoms. The molecular formula is C8H10O5. The normalized spacial score (nSPS) is 8.69. The molecule has 0 saturated heterocycles. The lowest BCUT2D eigenvalue weighted by atomic mass is 10.3. The number of carbonyl (C=O) groups excluding carboxylic acids is 3. The van der Waals surface area contributed by atoms with Gasteiger partial charge in [-0.1, -0.05) is 6.58 Å². The van der Waals surface area contributed by atoms with Crippen molar-refractivity contribution in [1.82, 2.24) is 0 Å². The van der Waals surface area contributed by atoms with Gasteiger partial charge in [0, 0.05) is 6.08 Å². The van der Waals surface area contributed by atoms with Gasteiger partial charge in [0.15, 0.2) is 0 Å². The first kappa shape index (κ1) is 11.4. The third-order valence-corrected chi connectivity index (χ3v) is 1.14. The summed E-state index contributed by atoms with van der Waals surface area (Å²) in [5.41, 5.74) is 0. The van der Waals surface area contributed by atoms with Gasteiger partial charge in [-0.05, 0) is 0 Å². The molecule has 0 heterocycles. The van der Waals surface area contributed by atoms with Crippen LogP contribution in [-0.4, -0.2) is 25.0 Å². The summed E-state index contributed by atoms with van der Waals surface area (Å²) < 4.78 is 8.47. The molecule has 0 atom stereocenters. The average molecular weight is 186 g/mol. The zero-order chi connectivity index (χ0) is 10.3. The van der Waals surface area contributed by atoms with Gasteiger partial charge < -0.3 is 9.47 Å². The Morgan fingerprint density at radius 3 is 2.23 bits per heavy atom. The van der Waals surface area contributed by atoms with Crippen molar-refractivity contribution in [3.05, 3.63) is 12.7 Å². The van der Waals surface area contributed by atoms with Crippen LogP contribution in [0.2, 0.25) is 0 Å². The van der Waals surface area contributed by atoms with E-state index in [0.717, 1.165) is 6.08 Å². The predicted molar refractivity (Wildman–Crippen MR) is 42.5 cm³/mol. The minimum Gasteiger partial charge on any atom is -0.469 e. The number of carbonyl (C=O) groups is 3. The highest BCUT2D eigenvalue weighted by Crippen LogP contribution is 1.95. The van der Waals surface area contributed by atoms with Crippen LogP contribution in [-0.2, 0) is 23.9 Å². The monoisotopic (exact) mass is 186 g/mol. The zero-order valence-corrected chi connectivity index (χ0v) is 7.24. The second kappa shape index (κ2) is 5.93. The maximum Gasteiger partial charge on any atom is 0.337 e. The maximum absolute atomic E-state index is 10.7. The molecule has 13 heavy (non-hydrogen) atoms. The highest BCUT2D eigenvalue weighted by molar-refractivity contribution is 5.92. The Labute approximate surface area is 75.3 Å². The van der Waals surface area contributed by atoms with Gasteiger partial charge in [0.1, 0.15) is 0 Å². The van der Waals surface area contributed by atoms with Crippen LogP contribution < -0.4 is 0 Å². The van der Waals surface area contributed by atoms with E-state index in [4.69, 9.17) is 0 Å². The fourth-order valence-electron chi connectivity index (χ4n) is 0.511. The van der Waals surface area contributed by atoms with Crippen molar-refractivity contribution in [2.75, 3.05) is 7.11 Å². The van der Waals surface area contributed by atoms with Gasteiger partial charge in [0.25, 0.3) is 0 Å². The third kappa shape index (κ3) is 5.60. The van der Waals surface area contributed by atoms with E-state index in [1.54, 1.807) is 0 Å². The van der Waals surface area contributed by atoms with Crippen LogP contribution in [0.3, 0.4) is 0 Å². The van der Waals surface area contributed by atoms with Crippen LogP contribution in [0.5, 0.6) is 0 Å². The van der Waals surface area contributed by atoms with Gasteiger partial charge in [0.05, 0.1) is 20.0 Å². The zero-order valence-electron chi connectivity index (χ0n) is 7.24. The molecule has 0 amide bonds. The minimum atomic E-state index is -0.824. The van der Waals surface area contributed by atoms with Crippen molar-refractivity contribution in [2.24, 2.45) is 0 Å². The van der Waals surface area contributed by atoms with Crippen molar-refractivity contribution >= 4 is 17.9 Å². The molecule has 0 radical (unpaired) electrons. The maximum atomic E-state index is 10.7. The molecule has 72 valence electrons. The van der Waals surface area contributed by atoms with Gasteiger partial charge >= 0.3 is 17.9 Å². The molecule has 0 N–H and O–H groups in total. The van der Waals surface area contributed by atoms with Crippen molar-refractivity contribution < 1.29 is 23.9 Å². The van der Waals surface area contributed by atoms with Crippen LogP contribution >= 0.6 is 0 Å². The molecule has 0 aromatic heterocycles. The Hall–Kier alpha value is -1.65. The number of ether oxygens (including phenoxy) is 2. The fraction of sp³-hybridized carbons (Fsp3) is 0.375. The van der Waals surface area contributed by atoms with E-state index in [0.29, 0.717) is 0 Å². The summed E-state index contributed by atoms with van der Waals surface area (Å²) in [5.74, 6) is -2.12. The molecule has 0 fully saturated rings. The van der Waals surface area contributed by atoms with Gasteiger partial charge in [-0.2, -0.15) is 0 Å². The molecule has 0 aromatic rings. The molecular weight excluding hydrogens is 176 g/mol. The number of rotatable bonds is 4. The summed E-state index contributed by atoms with van der Waals surface area (Å²) in [4.78, 5) is 31.7. The van der Waals surface area contributed by atoms with E-state index in [2.05, 4.69) is 16.1 Å².